The second-order valence-electron chi connectivity index (χ2n) is 9.92. The number of rotatable bonds is 5. The van der Waals surface area contributed by atoms with Crippen LogP contribution in [0.2, 0.25) is 0 Å². The third kappa shape index (κ3) is 5.82. The number of carbonyl (C=O) groups is 1. The van der Waals surface area contributed by atoms with E-state index >= 15 is 0 Å². The fourth-order valence-corrected chi connectivity index (χ4v) is 5.03. The molecule has 3 N–H and O–H groups in total. The molecule has 1 aliphatic carbocycles. The molecule has 1 saturated heterocycles. The summed E-state index contributed by atoms with van der Waals surface area (Å²) in [6.07, 6.45) is -3.63. The van der Waals surface area contributed by atoms with Gasteiger partial charge in [0.2, 0.25) is 5.92 Å². The Morgan fingerprint density at radius 1 is 1.23 bits per heavy atom. The molecule has 3 aromatic rings. The lowest BCUT2D eigenvalue weighted by atomic mass is 9.81. The molecule has 11 nitrogen and oxygen atoms in total. The van der Waals surface area contributed by atoms with Gasteiger partial charge in [-0.15, -0.1) is 12.4 Å². The van der Waals surface area contributed by atoms with Gasteiger partial charge in [0, 0.05) is 19.3 Å². The number of hydrogen-bond donors (Lipinski definition) is 3. The summed E-state index contributed by atoms with van der Waals surface area (Å²) in [5, 5.41) is 27.2. The third-order valence-electron chi connectivity index (χ3n) is 7.29. The van der Waals surface area contributed by atoms with Gasteiger partial charge in [0.05, 0.1) is 35.9 Å². The highest BCUT2D eigenvalue weighted by Crippen LogP contribution is 2.43. The summed E-state index contributed by atoms with van der Waals surface area (Å²) in [5.41, 5.74) is -2.22. The van der Waals surface area contributed by atoms with Gasteiger partial charge in [-0.05, 0) is 43.8 Å². The van der Waals surface area contributed by atoms with E-state index in [1.807, 2.05) is 0 Å². The van der Waals surface area contributed by atoms with E-state index in [1.165, 1.54) is 23.8 Å². The zero-order valence-electron chi connectivity index (χ0n) is 20.6. The third-order valence-corrected chi connectivity index (χ3v) is 7.29. The molecule has 2 fully saturated rings. The van der Waals surface area contributed by atoms with Crippen molar-refractivity contribution in [3.05, 3.63) is 35.2 Å². The summed E-state index contributed by atoms with van der Waals surface area (Å²) in [7, 11) is 0. The maximum absolute atomic E-state index is 13.8. The van der Waals surface area contributed by atoms with Crippen LogP contribution in [0.15, 0.2) is 17.0 Å². The van der Waals surface area contributed by atoms with E-state index in [-0.39, 0.29) is 73.4 Å². The fraction of sp³-hybridized carbons (Fsp3) is 0.636. The summed E-state index contributed by atoms with van der Waals surface area (Å²) in [4.78, 5) is 21.7. The molecule has 214 valence electrons. The first-order chi connectivity index (χ1) is 17.9. The maximum Gasteiger partial charge on any atom is 0.417 e. The zero-order chi connectivity index (χ0) is 27.3. The predicted octanol–water partition coefficient (Wildman–Crippen LogP) is 3.25. The van der Waals surface area contributed by atoms with Crippen molar-refractivity contribution < 1.29 is 36.5 Å². The van der Waals surface area contributed by atoms with Crippen molar-refractivity contribution in [2.24, 2.45) is 5.92 Å². The van der Waals surface area contributed by atoms with Crippen LogP contribution in [0.4, 0.5) is 22.0 Å². The van der Waals surface area contributed by atoms with Crippen LogP contribution in [0.5, 0.6) is 0 Å². The molecular formula is C22H26ClF5N8O3. The molecule has 2 aliphatic rings. The highest BCUT2D eigenvalue weighted by Gasteiger charge is 2.55. The second-order valence-corrected chi connectivity index (χ2v) is 9.92. The normalized spacial score (nSPS) is 24.7. The number of aryl methyl sites for hydroxylation is 1. The van der Waals surface area contributed by atoms with E-state index < -0.39 is 48.5 Å². The Bertz CT molecular complexity index is 1320. The number of carbonyl (C=O) groups excluding carboxylic acids is 1. The standard InChI is InChI=1S/C22H25F5N8O3.ClH/c1-11-16(34-38-33-11)18(36)32-17(12-2-4-21(23,24)5-3-12)15-10-35-19(31-15)30-14(9-29-35)13-8-20(37,6-7-28-13)22(25,26)27;/h9-10,12-13,17,28,37H,2-8H2,1H3,(H,32,36);1H/t13?,17-,20?;/m0./s1. The van der Waals surface area contributed by atoms with Gasteiger partial charge in [-0.2, -0.15) is 18.3 Å². The highest BCUT2D eigenvalue weighted by atomic mass is 35.5. The zero-order valence-corrected chi connectivity index (χ0v) is 21.4. The van der Waals surface area contributed by atoms with Crippen molar-refractivity contribution in [3.63, 3.8) is 0 Å². The van der Waals surface area contributed by atoms with Gasteiger partial charge in [0.25, 0.3) is 11.7 Å². The van der Waals surface area contributed by atoms with Crippen molar-refractivity contribution in [1.82, 2.24) is 40.5 Å². The molecule has 1 saturated carbocycles. The molecular weight excluding hydrogens is 555 g/mol. The van der Waals surface area contributed by atoms with Gasteiger partial charge >= 0.3 is 6.18 Å². The molecule has 5 rings (SSSR count). The molecule has 3 aromatic heterocycles. The summed E-state index contributed by atoms with van der Waals surface area (Å²) < 4.78 is 73.7. The molecule has 0 spiro atoms. The van der Waals surface area contributed by atoms with Crippen molar-refractivity contribution in [2.75, 3.05) is 6.54 Å². The van der Waals surface area contributed by atoms with Crippen LogP contribution in [0, 0.1) is 12.8 Å². The molecule has 1 amide bonds. The number of hydrogen-bond acceptors (Lipinski definition) is 9. The largest absolute Gasteiger partial charge is 0.417 e. The van der Waals surface area contributed by atoms with E-state index in [0.29, 0.717) is 5.69 Å². The number of imidazole rings is 1. The number of aromatic nitrogens is 6. The minimum atomic E-state index is -4.80. The Balaban J connectivity index is 0.00000353. The molecule has 4 heterocycles. The Labute approximate surface area is 224 Å². The number of nitrogens with one attached hydrogen (secondary N) is 2. The molecule has 0 bridgehead atoms. The van der Waals surface area contributed by atoms with E-state index in [0.717, 1.165) is 0 Å². The predicted molar refractivity (Wildman–Crippen MR) is 125 cm³/mol. The lowest BCUT2D eigenvalue weighted by Gasteiger charge is -2.38. The highest BCUT2D eigenvalue weighted by molar-refractivity contribution is 5.93. The summed E-state index contributed by atoms with van der Waals surface area (Å²) >= 11 is 0. The Morgan fingerprint density at radius 2 is 1.95 bits per heavy atom. The molecule has 2 unspecified atom stereocenters. The van der Waals surface area contributed by atoms with Crippen LogP contribution < -0.4 is 10.6 Å². The summed E-state index contributed by atoms with van der Waals surface area (Å²) in [5.74, 6) is -3.76. The average molecular weight is 581 g/mol. The van der Waals surface area contributed by atoms with Crippen molar-refractivity contribution in [2.45, 2.75) is 75.2 Å². The van der Waals surface area contributed by atoms with Gasteiger partial charge in [-0.25, -0.2) is 27.9 Å². The minimum Gasteiger partial charge on any atom is -0.380 e. The smallest absolute Gasteiger partial charge is 0.380 e. The fourth-order valence-electron chi connectivity index (χ4n) is 5.03. The van der Waals surface area contributed by atoms with Gasteiger partial charge in [0.1, 0.15) is 5.69 Å². The number of piperidine rings is 1. The van der Waals surface area contributed by atoms with Crippen LogP contribution in [0.3, 0.4) is 0 Å². The van der Waals surface area contributed by atoms with E-state index in [2.05, 4.69) is 40.6 Å². The lowest BCUT2D eigenvalue weighted by molar-refractivity contribution is -0.271. The number of nitrogens with zero attached hydrogens (tertiary/aromatic N) is 6. The number of fused-ring (bicyclic) bond motifs is 1. The number of alkyl halides is 5. The quantitative estimate of drug-likeness (QED) is 0.387. The van der Waals surface area contributed by atoms with Crippen LogP contribution in [0.25, 0.3) is 5.78 Å². The van der Waals surface area contributed by atoms with Crippen LogP contribution in [-0.4, -0.2) is 65.2 Å². The topological polar surface area (TPSA) is 143 Å². The monoisotopic (exact) mass is 580 g/mol. The number of aliphatic hydroxyl groups is 1. The maximum atomic E-state index is 13.8. The molecule has 17 heteroatoms. The van der Waals surface area contributed by atoms with E-state index in [1.54, 1.807) is 0 Å². The average Bonchev–Trinajstić information content (AvgIpc) is 3.47. The van der Waals surface area contributed by atoms with E-state index in [4.69, 9.17) is 0 Å². The van der Waals surface area contributed by atoms with Gasteiger partial charge in [-0.3, -0.25) is 4.79 Å². The van der Waals surface area contributed by atoms with Crippen molar-refractivity contribution >= 4 is 24.1 Å². The van der Waals surface area contributed by atoms with Crippen molar-refractivity contribution in [3.8, 4) is 0 Å². The minimum absolute atomic E-state index is 0. The molecule has 39 heavy (non-hydrogen) atoms. The van der Waals surface area contributed by atoms with Gasteiger partial charge in [0.15, 0.2) is 11.3 Å². The Morgan fingerprint density at radius 3 is 2.59 bits per heavy atom. The molecule has 0 aromatic carbocycles. The summed E-state index contributed by atoms with van der Waals surface area (Å²) in [6.45, 7) is 1.45. The lowest BCUT2D eigenvalue weighted by Crippen LogP contribution is -2.53. The van der Waals surface area contributed by atoms with Gasteiger partial charge < -0.3 is 15.7 Å². The van der Waals surface area contributed by atoms with Crippen LogP contribution in [0.1, 0.15) is 78.2 Å². The van der Waals surface area contributed by atoms with Crippen molar-refractivity contribution in [1.29, 1.82) is 0 Å². The Kier molecular flexibility index (Phi) is 7.84. The van der Waals surface area contributed by atoms with Gasteiger partial charge in [-0.1, -0.05) is 5.16 Å². The molecule has 1 aliphatic heterocycles. The first-order valence-electron chi connectivity index (χ1n) is 12.1. The molecule has 0 radical (unpaired) electrons. The van der Waals surface area contributed by atoms with Crippen LogP contribution in [-0.2, 0) is 0 Å². The Hall–Kier alpha value is -2.98. The number of amides is 1. The van der Waals surface area contributed by atoms with E-state index in [9.17, 15) is 31.9 Å². The molecule has 3 atom stereocenters. The summed E-state index contributed by atoms with van der Waals surface area (Å²) in [6, 6.07) is -1.73. The number of halogens is 6. The SMILES string of the molecule is Cc1nonc1C(=O)N[C@H](c1cn2ncc(C3CC(O)(C(F)(F)F)CCN3)nc2n1)C1CCC(F)(F)CC1.Cl. The second kappa shape index (κ2) is 10.5. The first-order valence-corrected chi connectivity index (χ1v) is 12.1. The van der Waals surface area contributed by atoms with Crippen LogP contribution >= 0.6 is 12.4 Å². The first kappa shape index (κ1) is 29.0.